The monoisotopic (exact) mass is 381 g/mol. The molecule has 2 bridgehead atoms. The van der Waals surface area contributed by atoms with Gasteiger partial charge in [-0.15, -0.1) is 0 Å². The summed E-state index contributed by atoms with van der Waals surface area (Å²) in [6, 6.07) is 10.8. The van der Waals surface area contributed by atoms with Crippen molar-refractivity contribution in [1.82, 2.24) is 9.27 Å². The topological polar surface area (TPSA) is 59.2 Å². The lowest BCUT2D eigenvalue weighted by Gasteiger charge is -2.45. The Kier molecular flexibility index (Phi) is 3.98. The summed E-state index contributed by atoms with van der Waals surface area (Å²) in [6.45, 7) is 3.30. The third-order valence-electron chi connectivity index (χ3n) is 6.05. The summed E-state index contributed by atoms with van der Waals surface area (Å²) in [4.78, 5) is 14.5. The fraction of sp³-hybridized carbons (Fsp3) is 0.333. The fourth-order valence-corrected chi connectivity index (χ4v) is 5.57. The number of fused-ring (bicyclic) bond motifs is 4. The van der Waals surface area contributed by atoms with Crippen LogP contribution in [0, 0.1) is 11.7 Å². The molecule has 0 saturated carbocycles. The van der Waals surface area contributed by atoms with E-state index in [1.807, 2.05) is 12.1 Å². The van der Waals surface area contributed by atoms with Crippen LogP contribution < -0.4 is 5.73 Å². The maximum absolute atomic E-state index is 13.8. The van der Waals surface area contributed by atoms with E-state index in [1.54, 1.807) is 12.1 Å². The van der Waals surface area contributed by atoms with Crippen LogP contribution in [0.1, 0.15) is 34.8 Å². The number of halogens is 1. The lowest BCUT2D eigenvalue weighted by Crippen LogP contribution is -2.46. The summed E-state index contributed by atoms with van der Waals surface area (Å²) in [7, 11) is 0. The molecule has 3 aliphatic rings. The average molecular weight is 381 g/mol. The highest BCUT2D eigenvalue weighted by Gasteiger charge is 2.36. The van der Waals surface area contributed by atoms with Crippen molar-refractivity contribution in [2.24, 2.45) is 11.7 Å². The summed E-state index contributed by atoms with van der Waals surface area (Å²) in [5, 5.41) is 0.895. The predicted molar refractivity (Wildman–Crippen MR) is 105 cm³/mol. The molecule has 0 radical (unpaired) electrons. The minimum absolute atomic E-state index is 0.251. The van der Waals surface area contributed by atoms with Crippen molar-refractivity contribution in [2.75, 3.05) is 19.6 Å². The van der Waals surface area contributed by atoms with E-state index in [0.29, 0.717) is 17.5 Å². The maximum atomic E-state index is 13.8. The second kappa shape index (κ2) is 6.39. The number of hydrogen-bond acceptors (Lipinski definition) is 4. The molecule has 0 spiro atoms. The highest BCUT2D eigenvalue weighted by atomic mass is 32.1. The first kappa shape index (κ1) is 16.8. The molecule has 3 saturated heterocycles. The van der Waals surface area contributed by atoms with Gasteiger partial charge in [0.25, 0.3) is 5.91 Å². The Morgan fingerprint density at radius 3 is 2.67 bits per heavy atom. The first-order chi connectivity index (χ1) is 13.1. The van der Waals surface area contributed by atoms with Crippen molar-refractivity contribution >= 4 is 27.5 Å². The zero-order valence-electron chi connectivity index (χ0n) is 14.8. The molecule has 1 aromatic heterocycles. The number of nitrogens with zero attached hydrogens (tertiary/aromatic N) is 2. The van der Waals surface area contributed by atoms with Crippen LogP contribution in [0.2, 0.25) is 0 Å². The van der Waals surface area contributed by atoms with Crippen molar-refractivity contribution in [3.05, 3.63) is 53.5 Å². The molecule has 3 aromatic rings. The zero-order valence-corrected chi connectivity index (χ0v) is 15.6. The van der Waals surface area contributed by atoms with E-state index in [2.05, 4.69) is 15.3 Å². The quantitative estimate of drug-likeness (QED) is 0.746. The minimum Gasteiger partial charge on any atom is -0.364 e. The largest absolute Gasteiger partial charge is 0.364 e. The van der Waals surface area contributed by atoms with E-state index < -0.39 is 5.91 Å². The van der Waals surface area contributed by atoms with Gasteiger partial charge < -0.3 is 10.6 Å². The standard InChI is InChI=1S/C21H20FN3OS/c22-15-3-1-2-13(8-15)14-9-16(17-11-25-6-4-12(17)5-7-25)19-18(10-14)27-24-20(19)21(23)26/h1-3,8-10,12,17H,4-7,11H2,(H2,23,26). The number of amides is 1. The lowest BCUT2D eigenvalue weighted by atomic mass is 9.74. The van der Waals surface area contributed by atoms with Crippen molar-refractivity contribution in [3.63, 3.8) is 0 Å². The highest BCUT2D eigenvalue weighted by molar-refractivity contribution is 7.13. The SMILES string of the molecule is NC(=O)c1nsc2cc(-c3cccc(F)c3)cc(C3CN4CCC3CC4)c12. The van der Waals surface area contributed by atoms with Gasteiger partial charge in [-0.05, 0) is 78.3 Å². The van der Waals surface area contributed by atoms with E-state index in [4.69, 9.17) is 5.73 Å². The van der Waals surface area contributed by atoms with Gasteiger partial charge in [0.1, 0.15) is 11.5 Å². The summed E-state index contributed by atoms with van der Waals surface area (Å²) < 4.78 is 19.1. The van der Waals surface area contributed by atoms with Gasteiger partial charge in [0.05, 0.1) is 4.70 Å². The molecule has 6 rings (SSSR count). The molecule has 6 heteroatoms. The average Bonchev–Trinajstić information content (AvgIpc) is 3.12. The van der Waals surface area contributed by atoms with Gasteiger partial charge in [-0.1, -0.05) is 18.2 Å². The van der Waals surface area contributed by atoms with Crippen LogP contribution in [-0.2, 0) is 0 Å². The van der Waals surface area contributed by atoms with Gasteiger partial charge >= 0.3 is 0 Å². The second-order valence-electron chi connectivity index (χ2n) is 7.59. The zero-order chi connectivity index (χ0) is 18.5. The molecule has 3 fully saturated rings. The summed E-state index contributed by atoms with van der Waals surface area (Å²) in [6.07, 6.45) is 2.36. The summed E-state index contributed by atoms with van der Waals surface area (Å²) in [5.41, 5.74) is 8.93. The molecule has 27 heavy (non-hydrogen) atoms. The Labute approximate surface area is 161 Å². The third kappa shape index (κ3) is 2.84. The normalized spacial score (nSPS) is 24.4. The molecule has 1 unspecified atom stereocenters. The third-order valence-corrected chi connectivity index (χ3v) is 6.84. The molecule has 0 aliphatic carbocycles. The van der Waals surface area contributed by atoms with Gasteiger partial charge in [0.15, 0.2) is 0 Å². The van der Waals surface area contributed by atoms with E-state index in [9.17, 15) is 9.18 Å². The van der Waals surface area contributed by atoms with Gasteiger partial charge in [0.2, 0.25) is 0 Å². The molecule has 2 N–H and O–H groups in total. The van der Waals surface area contributed by atoms with Gasteiger partial charge in [-0.25, -0.2) is 4.39 Å². The lowest BCUT2D eigenvalue weighted by molar-refractivity contribution is 0.0876. The number of carbonyl (C=O) groups excluding carboxylic acids is 1. The molecule has 3 aliphatic heterocycles. The van der Waals surface area contributed by atoms with Crippen molar-refractivity contribution in [3.8, 4) is 11.1 Å². The molecular formula is C21H20FN3OS. The Hall–Kier alpha value is -2.31. The number of nitrogens with two attached hydrogens (primary N) is 1. The smallest absolute Gasteiger partial charge is 0.269 e. The predicted octanol–water partition coefficient (Wildman–Crippen LogP) is 4.01. The van der Waals surface area contributed by atoms with Crippen LogP contribution in [-0.4, -0.2) is 34.8 Å². The fourth-order valence-electron chi connectivity index (χ4n) is 4.72. The molecule has 138 valence electrons. The van der Waals surface area contributed by atoms with Crippen LogP contribution in [0.4, 0.5) is 4.39 Å². The second-order valence-corrected chi connectivity index (χ2v) is 8.39. The number of aromatic nitrogens is 1. The maximum Gasteiger partial charge on any atom is 0.269 e. The number of rotatable bonds is 3. The van der Waals surface area contributed by atoms with Gasteiger partial charge in [-0.3, -0.25) is 4.79 Å². The van der Waals surface area contributed by atoms with Gasteiger partial charge in [-0.2, -0.15) is 4.37 Å². The summed E-state index contributed by atoms with van der Waals surface area (Å²) >= 11 is 1.30. The Morgan fingerprint density at radius 1 is 1.19 bits per heavy atom. The van der Waals surface area contributed by atoms with Crippen LogP contribution >= 0.6 is 11.5 Å². The minimum atomic E-state index is -0.484. The van der Waals surface area contributed by atoms with Crippen LogP contribution in [0.15, 0.2) is 36.4 Å². The van der Waals surface area contributed by atoms with Crippen LogP contribution in [0.25, 0.3) is 21.2 Å². The summed E-state index contributed by atoms with van der Waals surface area (Å²) in [5.74, 6) is 0.237. The number of hydrogen-bond donors (Lipinski definition) is 1. The molecular weight excluding hydrogens is 361 g/mol. The first-order valence-electron chi connectivity index (χ1n) is 9.31. The molecule has 1 amide bonds. The van der Waals surface area contributed by atoms with Crippen molar-refractivity contribution < 1.29 is 9.18 Å². The molecule has 4 heterocycles. The number of piperidine rings is 3. The molecule has 4 nitrogen and oxygen atoms in total. The Morgan fingerprint density at radius 2 is 2.00 bits per heavy atom. The van der Waals surface area contributed by atoms with E-state index in [1.165, 1.54) is 30.4 Å². The van der Waals surface area contributed by atoms with Crippen LogP contribution in [0.5, 0.6) is 0 Å². The van der Waals surface area contributed by atoms with Crippen molar-refractivity contribution in [1.29, 1.82) is 0 Å². The van der Waals surface area contributed by atoms with E-state index in [-0.39, 0.29) is 5.82 Å². The van der Waals surface area contributed by atoms with Crippen molar-refractivity contribution in [2.45, 2.75) is 18.8 Å². The number of benzene rings is 2. The number of primary amides is 1. The Balaban J connectivity index is 1.73. The van der Waals surface area contributed by atoms with E-state index >= 15 is 0 Å². The molecule has 1 atom stereocenters. The molecule has 2 aromatic carbocycles. The van der Waals surface area contributed by atoms with Gasteiger partial charge in [0, 0.05) is 17.8 Å². The Bertz CT molecular complexity index is 1040. The van der Waals surface area contributed by atoms with Crippen LogP contribution in [0.3, 0.4) is 0 Å². The van der Waals surface area contributed by atoms with E-state index in [0.717, 1.165) is 46.4 Å². The first-order valence-corrected chi connectivity index (χ1v) is 10.1. The highest BCUT2D eigenvalue weighted by Crippen LogP contribution is 2.44. The number of carbonyl (C=O) groups is 1.